The number of nitrogens with zero attached hydrogens (tertiary/aromatic N) is 2. The molecule has 0 aliphatic carbocycles. The summed E-state index contributed by atoms with van der Waals surface area (Å²) in [6.45, 7) is 11.4. The highest BCUT2D eigenvalue weighted by atomic mass is 127. The van der Waals surface area contributed by atoms with Crippen LogP contribution in [0.1, 0.15) is 32.8 Å². The summed E-state index contributed by atoms with van der Waals surface area (Å²) in [5.74, 6) is 1.65. The van der Waals surface area contributed by atoms with E-state index in [0.29, 0.717) is 5.92 Å². The Balaban J connectivity index is 0.00000312. The Hall–Kier alpha value is -0.820. The fourth-order valence-corrected chi connectivity index (χ4v) is 3.31. The number of aliphatic imine (C=N–C) groups is 1. The lowest BCUT2D eigenvalue weighted by Crippen LogP contribution is -2.44. The maximum atomic E-state index is 5.57. The van der Waals surface area contributed by atoms with Gasteiger partial charge in [-0.1, -0.05) is 44.2 Å². The molecule has 1 aliphatic rings. The van der Waals surface area contributed by atoms with Crippen LogP contribution >= 0.6 is 24.0 Å². The van der Waals surface area contributed by atoms with Crippen LogP contribution in [0, 0.1) is 11.3 Å². The fourth-order valence-electron chi connectivity index (χ4n) is 3.31. The van der Waals surface area contributed by atoms with Gasteiger partial charge in [0.05, 0.1) is 6.61 Å². The van der Waals surface area contributed by atoms with Crippen molar-refractivity contribution < 1.29 is 4.74 Å². The Kier molecular flexibility index (Phi) is 9.79. The van der Waals surface area contributed by atoms with Gasteiger partial charge in [-0.15, -0.1) is 24.0 Å². The minimum Gasteiger partial charge on any atom is -0.381 e. The first-order valence-corrected chi connectivity index (χ1v) is 9.11. The predicted octanol–water partition coefficient (Wildman–Crippen LogP) is 3.81. The standard InChI is InChI=1S/C20H33N3O.HI/c1-5-24-15-18-11-12-23(14-18)19(21-4)22-16-20(2,3)13-17-9-7-6-8-10-17;/h6-10,18H,5,11-16H2,1-4H3,(H,21,22);1H. The predicted molar refractivity (Wildman–Crippen MR) is 117 cm³/mol. The number of nitrogens with one attached hydrogen (secondary N) is 1. The Morgan fingerprint density at radius 1 is 1.32 bits per heavy atom. The van der Waals surface area contributed by atoms with Crippen molar-refractivity contribution in [2.45, 2.75) is 33.6 Å². The third kappa shape index (κ3) is 7.52. The molecule has 1 N–H and O–H groups in total. The molecule has 5 heteroatoms. The highest BCUT2D eigenvalue weighted by molar-refractivity contribution is 14.0. The van der Waals surface area contributed by atoms with Gasteiger partial charge >= 0.3 is 0 Å². The molecule has 1 aromatic carbocycles. The summed E-state index contributed by atoms with van der Waals surface area (Å²) in [5.41, 5.74) is 1.57. The summed E-state index contributed by atoms with van der Waals surface area (Å²) in [4.78, 5) is 6.85. The van der Waals surface area contributed by atoms with E-state index in [2.05, 4.69) is 66.3 Å². The van der Waals surface area contributed by atoms with E-state index in [1.54, 1.807) is 0 Å². The summed E-state index contributed by atoms with van der Waals surface area (Å²) in [7, 11) is 1.88. The molecule has 142 valence electrons. The van der Waals surface area contributed by atoms with Gasteiger partial charge in [0, 0.05) is 39.2 Å². The summed E-state index contributed by atoms with van der Waals surface area (Å²) in [6.07, 6.45) is 2.25. The largest absolute Gasteiger partial charge is 0.381 e. The number of guanidine groups is 1. The van der Waals surface area contributed by atoms with Crippen molar-refractivity contribution in [3.8, 4) is 0 Å². The van der Waals surface area contributed by atoms with Gasteiger partial charge in [0.15, 0.2) is 5.96 Å². The number of halogens is 1. The van der Waals surface area contributed by atoms with E-state index < -0.39 is 0 Å². The van der Waals surface area contributed by atoms with Crippen LogP contribution in [0.25, 0.3) is 0 Å². The van der Waals surface area contributed by atoms with E-state index in [-0.39, 0.29) is 29.4 Å². The summed E-state index contributed by atoms with van der Waals surface area (Å²) in [5, 5.41) is 3.58. The lowest BCUT2D eigenvalue weighted by molar-refractivity contribution is 0.114. The second kappa shape index (κ2) is 11.0. The number of hydrogen-bond donors (Lipinski definition) is 1. The lowest BCUT2D eigenvalue weighted by Gasteiger charge is -2.29. The number of rotatable bonds is 7. The number of hydrogen-bond acceptors (Lipinski definition) is 2. The van der Waals surface area contributed by atoms with E-state index in [1.807, 2.05) is 7.05 Å². The van der Waals surface area contributed by atoms with Crippen molar-refractivity contribution in [2.24, 2.45) is 16.3 Å². The second-order valence-electron chi connectivity index (χ2n) is 7.49. The Morgan fingerprint density at radius 3 is 2.68 bits per heavy atom. The molecule has 0 bridgehead atoms. The van der Waals surface area contributed by atoms with E-state index in [4.69, 9.17) is 4.74 Å². The van der Waals surface area contributed by atoms with Crippen LogP contribution in [0.3, 0.4) is 0 Å². The quantitative estimate of drug-likeness (QED) is 0.383. The Morgan fingerprint density at radius 2 is 2.04 bits per heavy atom. The maximum absolute atomic E-state index is 5.57. The number of ether oxygens (including phenoxy) is 1. The fraction of sp³-hybridized carbons (Fsp3) is 0.650. The van der Waals surface area contributed by atoms with Gasteiger partial charge in [-0.05, 0) is 30.7 Å². The molecule has 1 heterocycles. The van der Waals surface area contributed by atoms with Crippen LogP contribution in [0.4, 0.5) is 0 Å². The minimum absolute atomic E-state index is 0. The van der Waals surface area contributed by atoms with Crippen molar-refractivity contribution in [3.63, 3.8) is 0 Å². The molecule has 0 aromatic heterocycles. The first-order chi connectivity index (χ1) is 11.5. The van der Waals surface area contributed by atoms with E-state index in [9.17, 15) is 0 Å². The highest BCUT2D eigenvalue weighted by Crippen LogP contribution is 2.21. The molecular formula is C20H34IN3O. The normalized spacial score (nSPS) is 18.2. The van der Waals surface area contributed by atoms with Crippen LogP contribution in [0.2, 0.25) is 0 Å². The summed E-state index contributed by atoms with van der Waals surface area (Å²) >= 11 is 0. The maximum Gasteiger partial charge on any atom is 0.193 e. The van der Waals surface area contributed by atoms with Gasteiger partial charge < -0.3 is 15.0 Å². The molecule has 25 heavy (non-hydrogen) atoms. The van der Waals surface area contributed by atoms with Crippen LogP contribution in [-0.4, -0.2) is 50.8 Å². The second-order valence-corrected chi connectivity index (χ2v) is 7.49. The lowest BCUT2D eigenvalue weighted by atomic mass is 9.86. The van der Waals surface area contributed by atoms with Gasteiger partial charge in [-0.2, -0.15) is 0 Å². The molecule has 0 spiro atoms. The van der Waals surface area contributed by atoms with Crippen LogP contribution in [0.15, 0.2) is 35.3 Å². The zero-order valence-electron chi connectivity index (χ0n) is 16.1. The molecule has 1 aromatic rings. The third-order valence-corrected chi connectivity index (χ3v) is 4.61. The minimum atomic E-state index is 0. The van der Waals surface area contributed by atoms with Crippen molar-refractivity contribution in [1.82, 2.24) is 10.2 Å². The summed E-state index contributed by atoms with van der Waals surface area (Å²) < 4.78 is 5.57. The molecule has 1 fully saturated rings. The van der Waals surface area contributed by atoms with Gasteiger partial charge in [0.2, 0.25) is 0 Å². The van der Waals surface area contributed by atoms with Crippen molar-refractivity contribution in [3.05, 3.63) is 35.9 Å². The van der Waals surface area contributed by atoms with Gasteiger partial charge in [-0.3, -0.25) is 4.99 Å². The molecule has 1 atom stereocenters. The zero-order valence-corrected chi connectivity index (χ0v) is 18.5. The first kappa shape index (κ1) is 22.2. The third-order valence-electron chi connectivity index (χ3n) is 4.61. The summed E-state index contributed by atoms with van der Waals surface area (Å²) in [6, 6.07) is 10.7. The van der Waals surface area contributed by atoms with Crippen molar-refractivity contribution in [2.75, 3.05) is 39.9 Å². The van der Waals surface area contributed by atoms with E-state index in [1.165, 1.54) is 12.0 Å². The van der Waals surface area contributed by atoms with Gasteiger partial charge in [-0.25, -0.2) is 0 Å². The molecule has 0 saturated carbocycles. The SMILES string of the molecule is CCOCC1CCN(C(=NC)NCC(C)(C)Cc2ccccc2)C1.I. The molecule has 1 saturated heterocycles. The molecule has 4 nitrogen and oxygen atoms in total. The highest BCUT2D eigenvalue weighted by Gasteiger charge is 2.26. The first-order valence-electron chi connectivity index (χ1n) is 9.11. The van der Waals surface area contributed by atoms with E-state index in [0.717, 1.165) is 45.2 Å². The Labute approximate surface area is 170 Å². The molecule has 2 rings (SSSR count). The van der Waals surface area contributed by atoms with Gasteiger partial charge in [0.25, 0.3) is 0 Å². The topological polar surface area (TPSA) is 36.9 Å². The zero-order chi connectivity index (χ0) is 17.4. The molecule has 1 aliphatic heterocycles. The average molecular weight is 459 g/mol. The number of benzene rings is 1. The number of likely N-dealkylation sites (tertiary alicyclic amines) is 1. The Bertz CT molecular complexity index is 519. The monoisotopic (exact) mass is 459 g/mol. The van der Waals surface area contributed by atoms with Crippen LogP contribution in [0.5, 0.6) is 0 Å². The molecule has 0 radical (unpaired) electrons. The molecular weight excluding hydrogens is 425 g/mol. The van der Waals surface area contributed by atoms with Crippen LogP contribution in [-0.2, 0) is 11.2 Å². The molecule has 0 amide bonds. The van der Waals surface area contributed by atoms with Gasteiger partial charge in [0.1, 0.15) is 0 Å². The van der Waals surface area contributed by atoms with E-state index >= 15 is 0 Å². The molecule has 1 unspecified atom stereocenters. The van der Waals surface area contributed by atoms with Crippen LogP contribution < -0.4 is 5.32 Å². The van der Waals surface area contributed by atoms with Crippen molar-refractivity contribution in [1.29, 1.82) is 0 Å². The van der Waals surface area contributed by atoms with Crippen molar-refractivity contribution >= 4 is 29.9 Å². The average Bonchev–Trinajstić information content (AvgIpc) is 3.02. The smallest absolute Gasteiger partial charge is 0.193 e.